The van der Waals surface area contributed by atoms with E-state index in [0.717, 1.165) is 22.9 Å². The number of benzene rings is 1. The number of nitrogens with one attached hydrogen (secondary N) is 1. The molecule has 0 radical (unpaired) electrons. The van der Waals surface area contributed by atoms with Crippen molar-refractivity contribution in [2.24, 2.45) is 0 Å². The average molecular weight is 304 g/mol. The maximum atomic E-state index is 12.1. The number of anilines is 1. The lowest BCUT2D eigenvalue weighted by Gasteiger charge is -2.12. The van der Waals surface area contributed by atoms with Gasteiger partial charge in [-0.25, -0.2) is 4.79 Å². The number of carboxylic acids is 1. The van der Waals surface area contributed by atoms with Crippen LogP contribution in [0.3, 0.4) is 0 Å². The smallest absolute Gasteiger partial charge is 0.478 e. The third-order valence-corrected chi connectivity index (χ3v) is 3.19. The van der Waals surface area contributed by atoms with Crippen LogP contribution in [0.2, 0.25) is 5.02 Å². The molecule has 0 aliphatic heterocycles. The number of aromatic carboxylic acids is 1. The summed E-state index contributed by atoms with van der Waals surface area (Å²) < 4.78 is 59.2. The first kappa shape index (κ1) is 14.6. The van der Waals surface area contributed by atoms with Crippen LogP contribution < -0.4 is 4.72 Å². The van der Waals surface area contributed by atoms with Crippen LogP contribution in [0.4, 0.5) is 18.9 Å². The molecule has 10 heteroatoms. The fourth-order valence-electron chi connectivity index (χ4n) is 1.03. The Balaban J connectivity index is 3.30. The van der Waals surface area contributed by atoms with Crippen molar-refractivity contribution in [2.45, 2.75) is 5.51 Å². The Bertz CT molecular complexity index is 584. The van der Waals surface area contributed by atoms with Gasteiger partial charge in [0.05, 0.1) is 10.7 Å². The Hall–Kier alpha value is -1.48. The number of carboxylic acid groups (broad SMARTS) is 1. The largest absolute Gasteiger partial charge is 0.516 e. The Labute approximate surface area is 104 Å². The van der Waals surface area contributed by atoms with Gasteiger partial charge in [-0.2, -0.15) is 21.6 Å². The molecule has 0 aliphatic rings. The van der Waals surface area contributed by atoms with Gasteiger partial charge in [0.25, 0.3) is 0 Å². The van der Waals surface area contributed by atoms with Crippen LogP contribution in [0.15, 0.2) is 18.2 Å². The molecule has 0 heterocycles. The second-order valence-corrected chi connectivity index (χ2v) is 5.10. The summed E-state index contributed by atoms with van der Waals surface area (Å²) in [6.07, 6.45) is 0. The van der Waals surface area contributed by atoms with E-state index >= 15 is 0 Å². The van der Waals surface area contributed by atoms with Gasteiger partial charge in [0, 0.05) is 0 Å². The lowest BCUT2D eigenvalue weighted by atomic mass is 10.2. The number of halogens is 4. The highest BCUT2D eigenvalue weighted by atomic mass is 35.5. The molecule has 0 amide bonds. The van der Waals surface area contributed by atoms with Crippen molar-refractivity contribution in [1.29, 1.82) is 0 Å². The molecule has 0 atom stereocenters. The maximum absolute atomic E-state index is 12.1. The molecule has 0 aromatic heterocycles. The van der Waals surface area contributed by atoms with Crippen molar-refractivity contribution in [3.05, 3.63) is 28.8 Å². The van der Waals surface area contributed by atoms with E-state index < -0.39 is 32.8 Å². The minimum atomic E-state index is -5.70. The summed E-state index contributed by atoms with van der Waals surface area (Å²) in [5.74, 6) is -1.65. The number of alkyl halides is 3. The van der Waals surface area contributed by atoms with Crippen LogP contribution in [0.25, 0.3) is 0 Å². The number of sulfonamides is 1. The van der Waals surface area contributed by atoms with Gasteiger partial charge in [-0.15, -0.1) is 0 Å². The molecule has 100 valence electrons. The minimum absolute atomic E-state index is 0.384. The summed E-state index contributed by atoms with van der Waals surface area (Å²) >= 11 is 5.47. The molecule has 1 aromatic carbocycles. The topological polar surface area (TPSA) is 83.5 Å². The Morgan fingerprint density at radius 2 is 1.89 bits per heavy atom. The molecule has 0 fully saturated rings. The molecule has 2 N–H and O–H groups in total. The second-order valence-electron chi connectivity index (χ2n) is 3.02. The Morgan fingerprint density at radius 3 is 2.33 bits per heavy atom. The molecule has 0 unspecified atom stereocenters. The van der Waals surface area contributed by atoms with Crippen LogP contribution in [-0.4, -0.2) is 25.0 Å². The molecule has 0 spiro atoms. The normalized spacial score (nSPS) is 12.2. The Kier molecular flexibility index (Phi) is 3.77. The predicted octanol–water partition coefficient (Wildman–Crippen LogP) is 2.30. The third-order valence-electron chi connectivity index (χ3n) is 1.78. The lowest BCUT2D eigenvalue weighted by molar-refractivity contribution is -0.0429. The molecular weight excluding hydrogens is 299 g/mol. The number of carbonyl (C=O) groups is 1. The van der Waals surface area contributed by atoms with Gasteiger partial charge >= 0.3 is 21.5 Å². The number of rotatable bonds is 3. The van der Waals surface area contributed by atoms with E-state index in [4.69, 9.17) is 16.7 Å². The maximum Gasteiger partial charge on any atom is 0.516 e. The average Bonchev–Trinajstić information content (AvgIpc) is 2.14. The van der Waals surface area contributed by atoms with E-state index in [0.29, 0.717) is 0 Å². The molecular formula is C8H5ClF3NO4S. The summed E-state index contributed by atoms with van der Waals surface area (Å²) in [6, 6.07) is 3.08. The predicted molar refractivity (Wildman–Crippen MR) is 57.0 cm³/mol. The van der Waals surface area contributed by atoms with E-state index in [2.05, 4.69) is 0 Å². The standard InChI is InChI=1S/C8H5ClF3NO4S/c9-4-2-1-3-5(6(4)7(14)15)13-18(16,17)8(10,11)12/h1-3,13H,(H,14,15). The van der Waals surface area contributed by atoms with E-state index in [1.165, 1.54) is 0 Å². The summed E-state index contributed by atoms with van der Waals surface area (Å²) in [7, 11) is -5.70. The molecule has 1 rings (SSSR count). The lowest BCUT2D eigenvalue weighted by Crippen LogP contribution is -2.30. The van der Waals surface area contributed by atoms with Crippen LogP contribution in [-0.2, 0) is 10.0 Å². The van der Waals surface area contributed by atoms with Crippen molar-refractivity contribution in [1.82, 2.24) is 0 Å². The molecule has 0 saturated heterocycles. The first-order valence-corrected chi connectivity index (χ1v) is 6.03. The van der Waals surface area contributed by atoms with Crippen molar-refractivity contribution in [3.63, 3.8) is 0 Å². The van der Waals surface area contributed by atoms with E-state index in [1.54, 1.807) is 0 Å². The molecule has 0 saturated carbocycles. The fourth-order valence-corrected chi connectivity index (χ4v) is 1.86. The number of hydrogen-bond acceptors (Lipinski definition) is 3. The van der Waals surface area contributed by atoms with Crippen LogP contribution in [0.5, 0.6) is 0 Å². The van der Waals surface area contributed by atoms with Crippen molar-refractivity contribution >= 4 is 33.3 Å². The fraction of sp³-hybridized carbons (Fsp3) is 0.125. The molecule has 18 heavy (non-hydrogen) atoms. The van der Waals surface area contributed by atoms with Crippen LogP contribution in [0, 0.1) is 0 Å². The highest BCUT2D eigenvalue weighted by molar-refractivity contribution is 7.93. The molecule has 0 bridgehead atoms. The second kappa shape index (κ2) is 4.65. The highest BCUT2D eigenvalue weighted by Gasteiger charge is 2.46. The Morgan fingerprint density at radius 1 is 1.33 bits per heavy atom. The van der Waals surface area contributed by atoms with Crippen molar-refractivity contribution < 1.29 is 31.5 Å². The summed E-state index contributed by atoms with van der Waals surface area (Å²) in [5, 5.41) is 8.36. The molecule has 1 aromatic rings. The first-order chi connectivity index (χ1) is 8.06. The van der Waals surface area contributed by atoms with Crippen molar-refractivity contribution in [3.8, 4) is 0 Å². The van der Waals surface area contributed by atoms with Gasteiger partial charge in [0.1, 0.15) is 5.56 Å². The quantitative estimate of drug-likeness (QED) is 0.897. The van der Waals surface area contributed by atoms with Gasteiger partial charge in [0.15, 0.2) is 0 Å². The van der Waals surface area contributed by atoms with Crippen LogP contribution >= 0.6 is 11.6 Å². The van der Waals surface area contributed by atoms with E-state index in [1.807, 2.05) is 0 Å². The third kappa shape index (κ3) is 2.85. The summed E-state index contributed by atoms with van der Waals surface area (Å²) in [5.41, 5.74) is -7.07. The molecule has 0 aliphatic carbocycles. The first-order valence-electron chi connectivity index (χ1n) is 4.17. The van der Waals surface area contributed by atoms with Gasteiger partial charge in [-0.1, -0.05) is 17.7 Å². The van der Waals surface area contributed by atoms with Crippen molar-refractivity contribution in [2.75, 3.05) is 4.72 Å². The minimum Gasteiger partial charge on any atom is -0.478 e. The summed E-state index contributed by atoms with van der Waals surface area (Å²) in [4.78, 5) is 10.8. The van der Waals surface area contributed by atoms with Gasteiger partial charge in [-0.05, 0) is 12.1 Å². The van der Waals surface area contributed by atoms with E-state index in [-0.39, 0.29) is 5.02 Å². The number of hydrogen-bond donors (Lipinski definition) is 2. The molecule has 5 nitrogen and oxygen atoms in total. The van der Waals surface area contributed by atoms with Crippen LogP contribution in [0.1, 0.15) is 10.4 Å². The highest BCUT2D eigenvalue weighted by Crippen LogP contribution is 2.29. The van der Waals surface area contributed by atoms with Gasteiger partial charge < -0.3 is 5.11 Å². The zero-order chi connectivity index (χ0) is 14.1. The van der Waals surface area contributed by atoms with Gasteiger partial charge in [-0.3, -0.25) is 4.72 Å². The van der Waals surface area contributed by atoms with E-state index in [9.17, 15) is 26.4 Å². The zero-order valence-electron chi connectivity index (χ0n) is 8.32. The SMILES string of the molecule is O=C(O)c1c(Cl)cccc1NS(=O)(=O)C(F)(F)F. The monoisotopic (exact) mass is 303 g/mol. The zero-order valence-corrected chi connectivity index (χ0v) is 9.90. The summed E-state index contributed by atoms with van der Waals surface area (Å²) in [6.45, 7) is 0. The van der Waals surface area contributed by atoms with Gasteiger partial charge in [0.2, 0.25) is 0 Å².